The maximum Gasteiger partial charge on any atom is 0.261 e. The number of hydrogen-bond donors (Lipinski definition) is 1. The largest absolute Gasteiger partial charge is 0.497 e. The van der Waals surface area contributed by atoms with E-state index in [1.165, 1.54) is 19.2 Å². The van der Waals surface area contributed by atoms with E-state index in [0.717, 1.165) is 16.7 Å². The molecule has 0 aromatic heterocycles. The van der Waals surface area contributed by atoms with E-state index in [-0.39, 0.29) is 4.90 Å². The molecular weight excluding hydrogens is 360 g/mol. The number of anilines is 1. The van der Waals surface area contributed by atoms with Gasteiger partial charge in [0, 0.05) is 5.69 Å². The molecule has 5 nitrogen and oxygen atoms in total. The Morgan fingerprint density at radius 3 is 2.19 bits per heavy atom. The zero-order valence-corrected chi connectivity index (χ0v) is 15.7. The number of methoxy groups -OCH3 is 1. The molecule has 0 aliphatic rings. The molecule has 136 valence electrons. The maximum atomic E-state index is 12.7. The van der Waals surface area contributed by atoms with Crippen molar-refractivity contribution < 1.29 is 13.2 Å². The van der Waals surface area contributed by atoms with Crippen molar-refractivity contribution >= 4 is 15.7 Å². The number of aryl methyl sites for hydroxylation is 1. The fourth-order valence-corrected chi connectivity index (χ4v) is 3.76. The Kier molecular flexibility index (Phi) is 5.15. The summed E-state index contributed by atoms with van der Waals surface area (Å²) in [6.45, 7) is 1.90. The van der Waals surface area contributed by atoms with Gasteiger partial charge in [-0.3, -0.25) is 4.72 Å². The quantitative estimate of drug-likeness (QED) is 0.716. The highest BCUT2D eigenvalue weighted by atomic mass is 32.2. The lowest BCUT2D eigenvalue weighted by molar-refractivity contribution is 0.414. The zero-order valence-electron chi connectivity index (χ0n) is 14.9. The van der Waals surface area contributed by atoms with Gasteiger partial charge in [0.05, 0.1) is 23.6 Å². The summed E-state index contributed by atoms with van der Waals surface area (Å²) in [4.78, 5) is 0.157. The van der Waals surface area contributed by atoms with Gasteiger partial charge in [-0.05, 0) is 72.1 Å². The van der Waals surface area contributed by atoms with Crippen molar-refractivity contribution in [2.75, 3.05) is 11.8 Å². The number of benzene rings is 3. The Hall–Kier alpha value is -3.30. The van der Waals surface area contributed by atoms with Crippen LogP contribution in [0.25, 0.3) is 11.1 Å². The minimum Gasteiger partial charge on any atom is -0.497 e. The first kappa shape index (κ1) is 18.5. The number of nitrogens with zero attached hydrogens (tertiary/aromatic N) is 1. The molecule has 0 amide bonds. The predicted molar refractivity (Wildman–Crippen MR) is 105 cm³/mol. The van der Waals surface area contributed by atoms with Crippen LogP contribution in [0.2, 0.25) is 0 Å². The van der Waals surface area contributed by atoms with Crippen LogP contribution < -0.4 is 9.46 Å². The van der Waals surface area contributed by atoms with Crippen molar-refractivity contribution in [2.45, 2.75) is 11.8 Å². The Morgan fingerprint density at radius 2 is 1.59 bits per heavy atom. The molecule has 0 unspecified atom stereocenters. The molecule has 0 saturated carbocycles. The third kappa shape index (κ3) is 4.27. The molecule has 0 aliphatic heterocycles. The molecule has 0 bridgehead atoms. The number of rotatable bonds is 5. The average Bonchev–Trinajstić information content (AvgIpc) is 2.67. The predicted octanol–water partition coefficient (Wildman–Crippen LogP) is 4.34. The normalized spacial score (nSPS) is 10.9. The van der Waals surface area contributed by atoms with Gasteiger partial charge in [0.1, 0.15) is 5.75 Å². The highest BCUT2D eigenvalue weighted by Gasteiger charge is 2.15. The van der Waals surface area contributed by atoms with E-state index in [1.54, 1.807) is 36.4 Å². The lowest BCUT2D eigenvalue weighted by atomic mass is 10.0. The number of nitrogens with one attached hydrogen (secondary N) is 1. The molecule has 3 rings (SSSR count). The van der Waals surface area contributed by atoms with Gasteiger partial charge in [-0.2, -0.15) is 5.26 Å². The van der Waals surface area contributed by atoms with Gasteiger partial charge in [-0.25, -0.2) is 8.42 Å². The van der Waals surface area contributed by atoms with Gasteiger partial charge in [-0.15, -0.1) is 0 Å². The maximum absolute atomic E-state index is 12.7. The summed E-state index contributed by atoms with van der Waals surface area (Å²) in [5, 5.41) is 8.92. The van der Waals surface area contributed by atoms with Gasteiger partial charge in [0.25, 0.3) is 10.0 Å². The van der Waals surface area contributed by atoms with Gasteiger partial charge in [0.15, 0.2) is 0 Å². The Morgan fingerprint density at radius 1 is 0.926 bits per heavy atom. The highest BCUT2D eigenvalue weighted by molar-refractivity contribution is 7.92. The fourth-order valence-electron chi connectivity index (χ4n) is 2.71. The summed E-state index contributed by atoms with van der Waals surface area (Å²) >= 11 is 0. The second kappa shape index (κ2) is 7.52. The van der Waals surface area contributed by atoms with E-state index >= 15 is 0 Å². The van der Waals surface area contributed by atoms with Crippen LogP contribution in [0.5, 0.6) is 5.75 Å². The minimum absolute atomic E-state index is 0.157. The first-order valence-corrected chi connectivity index (χ1v) is 9.69. The molecule has 1 N–H and O–H groups in total. The van der Waals surface area contributed by atoms with E-state index in [0.29, 0.717) is 17.0 Å². The van der Waals surface area contributed by atoms with Crippen LogP contribution in [-0.4, -0.2) is 15.5 Å². The second-order valence-corrected chi connectivity index (χ2v) is 7.74. The van der Waals surface area contributed by atoms with Crippen molar-refractivity contribution in [1.82, 2.24) is 0 Å². The third-order valence-electron chi connectivity index (χ3n) is 4.05. The Labute approximate surface area is 158 Å². The standard InChI is InChI=1S/C21H18N2O3S/c1-15-11-18(17-5-3-16(14-22)4-6-17)13-19(12-15)23-27(24,25)21-9-7-20(26-2)8-10-21/h3-13,23H,1-2H3. The van der Waals surface area contributed by atoms with Gasteiger partial charge < -0.3 is 4.74 Å². The molecule has 0 fully saturated rings. The zero-order chi connectivity index (χ0) is 19.4. The van der Waals surface area contributed by atoms with Crippen LogP contribution in [-0.2, 0) is 10.0 Å². The third-order valence-corrected chi connectivity index (χ3v) is 5.44. The van der Waals surface area contributed by atoms with Gasteiger partial charge >= 0.3 is 0 Å². The Balaban J connectivity index is 1.92. The first-order chi connectivity index (χ1) is 12.9. The lowest BCUT2D eigenvalue weighted by Gasteiger charge is -2.12. The van der Waals surface area contributed by atoms with Crippen LogP contribution in [0.4, 0.5) is 5.69 Å². The minimum atomic E-state index is -3.71. The molecule has 3 aromatic carbocycles. The molecule has 0 atom stereocenters. The smallest absolute Gasteiger partial charge is 0.261 e. The van der Waals surface area contributed by atoms with Crippen LogP contribution in [0, 0.1) is 18.3 Å². The number of hydrogen-bond acceptors (Lipinski definition) is 4. The topological polar surface area (TPSA) is 79.2 Å². The molecule has 0 spiro atoms. The van der Waals surface area contributed by atoms with E-state index < -0.39 is 10.0 Å². The summed E-state index contributed by atoms with van der Waals surface area (Å²) in [5.74, 6) is 0.590. The van der Waals surface area contributed by atoms with Crippen LogP contribution in [0.3, 0.4) is 0 Å². The van der Waals surface area contributed by atoms with Crippen molar-refractivity contribution in [2.24, 2.45) is 0 Å². The molecule has 3 aromatic rings. The highest BCUT2D eigenvalue weighted by Crippen LogP contribution is 2.27. The SMILES string of the molecule is COc1ccc(S(=O)(=O)Nc2cc(C)cc(-c3ccc(C#N)cc3)c2)cc1. The Bertz CT molecular complexity index is 1100. The average molecular weight is 378 g/mol. The first-order valence-electron chi connectivity index (χ1n) is 8.20. The van der Waals surface area contributed by atoms with Crippen molar-refractivity contribution in [3.05, 3.63) is 77.9 Å². The van der Waals surface area contributed by atoms with Crippen molar-refractivity contribution in [3.8, 4) is 22.9 Å². The van der Waals surface area contributed by atoms with E-state index in [1.807, 2.05) is 25.1 Å². The van der Waals surface area contributed by atoms with Crippen LogP contribution in [0.15, 0.2) is 71.6 Å². The number of sulfonamides is 1. The van der Waals surface area contributed by atoms with Crippen LogP contribution in [0.1, 0.15) is 11.1 Å². The summed E-state index contributed by atoms with van der Waals surface area (Å²) < 4.78 is 33.0. The molecule has 0 heterocycles. The summed E-state index contributed by atoms with van der Waals surface area (Å²) in [7, 11) is -2.19. The molecule has 0 aliphatic carbocycles. The summed E-state index contributed by atoms with van der Waals surface area (Å²) in [5.41, 5.74) is 3.75. The summed E-state index contributed by atoms with van der Waals surface area (Å²) in [6.07, 6.45) is 0. The van der Waals surface area contributed by atoms with E-state index in [2.05, 4.69) is 10.8 Å². The number of nitriles is 1. The number of ether oxygens (including phenoxy) is 1. The summed E-state index contributed by atoms with van der Waals surface area (Å²) in [6, 6.07) is 21.0. The molecular formula is C21H18N2O3S. The van der Waals surface area contributed by atoms with Crippen molar-refractivity contribution in [1.29, 1.82) is 5.26 Å². The molecule has 6 heteroatoms. The monoisotopic (exact) mass is 378 g/mol. The molecule has 27 heavy (non-hydrogen) atoms. The van der Waals surface area contributed by atoms with Gasteiger partial charge in [0.2, 0.25) is 0 Å². The van der Waals surface area contributed by atoms with E-state index in [9.17, 15) is 8.42 Å². The molecule has 0 saturated heterocycles. The molecule has 0 radical (unpaired) electrons. The fraction of sp³-hybridized carbons (Fsp3) is 0.0952. The van der Waals surface area contributed by atoms with E-state index in [4.69, 9.17) is 10.00 Å². The second-order valence-electron chi connectivity index (χ2n) is 6.06. The van der Waals surface area contributed by atoms with Crippen molar-refractivity contribution in [3.63, 3.8) is 0 Å². The lowest BCUT2D eigenvalue weighted by Crippen LogP contribution is -2.13. The van der Waals surface area contributed by atoms with Gasteiger partial charge in [-0.1, -0.05) is 18.2 Å². The van der Waals surface area contributed by atoms with Crippen LogP contribution >= 0.6 is 0 Å².